The maximum atomic E-state index is 11.8. The van der Waals surface area contributed by atoms with Crippen LogP contribution in [0.5, 0.6) is 23.0 Å². The monoisotopic (exact) mass is 344 g/mol. The lowest BCUT2D eigenvalue weighted by Gasteiger charge is -2.14. The third kappa shape index (κ3) is 4.03. The minimum absolute atomic E-state index is 0.0903. The summed E-state index contributed by atoms with van der Waals surface area (Å²) >= 11 is 0. The fourth-order valence-corrected chi connectivity index (χ4v) is 2.40. The van der Waals surface area contributed by atoms with Crippen molar-refractivity contribution in [3.8, 4) is 23.0 Å². The molecule has 0 unspecified atom stereocenters. The number of benzene rings is 2. The molecule has 0 fully saturated rings. The summed E-state index contributed by atoms with van der Waals surface area (Å²) in [6.45, 7) is 0. The summed E-state index contributed by atoms with van der Waals surface area (Å²) in [6, 6.07) is 10.3. The number of carbonyl (C=O) groups is 1. The Balaban J connectivity index is 2.60. The van der Waals surface area contributed by atoms with Gasteiger partial charge in [0.1, 0.15) is 5.75 Å². The molecule has 6 nitrogen and oxygen atoms in total. The first-order chi connectivity index (χ1) is 12.0. The summed E-state index contributed by atoms with van der Waals surface area (Å²) in [6.07, 6.45) is 1.56. The highest BCUT2D eigenvalue weighted by Crippen LogP contribution is 2.40. The molecule has 0 saturated carbocycles. The van der Waals surface area contributed by atoms with E-state index in [0.717, 1.165) is 0 Å². The molecule has 0 spiro atoms. The smallest absolute Gasteiger partial charge is 0.336 e. The van der Waals surface area contributed by atoms with Gasteiger partial charge in [0.05, 0.1) is 34.0 Å². The van der Waals surface area contributed by atoms with Crippen LogP contribution in [0.15, 0.2) is 36.4 Å². The molecule has 6 heteroatoms. The normalized spacial score (nSPS) is 11.0. The number of methoxy groups -OCH3 is 4. The predicted octanol–water partition coefficient (Wildman–Crippen LogP) is 3.35. The zero-order valence-electron chi connectivity index (χ0n) is 14.5. The second kappa shape index (κ2) is 8.10. The van der Waals surface area contributed by atoms with E-state index in [1.165, 1.54) is 21.3 Å². The van der Waals surface area contributed by atoms with Crippen molar-refractivity contribution >= 4 is 17.6 Å². The van der Waals surface area contributed by atoms with E-state index in [1.807, 2.05) is 0 Å². The summed E-state index contributed by atoms with van der Waals surface area (Å²) in [5.41, 5.74) is 1.22. The van der Waals surface area contributed by atoms with Crippen molar-refractivity contribution in [3.05, 3.63) is 47.5 Å². The Morgan fingerprint density at radius 3 is 2.04 bits per heavy atom. The van der Waals surface area contributed by atoms with Crippen molar-refractivity contribution in [1.29, 1.82) is 0 Å². The first-order valence-electron chi connectivity index (χ1n) is 7.43. The Morgan fingerprint density at radius 2 is 1.56 bits per heavy atom. The molecular weight excluding hydrogens is 324 g/mol. The third-order valence-corrected chi connectivity index (χ3v) is 3.61. The highest BCUT2D eigenvalue weighted by Gasteiger charge is 2.18. The Morgan fingerprint density at radius 1 is 0.920 bits per heavy atom. The molecule has 0 aliphatic carbocycles. The molecule has 132 valence electrons. The highest BCUT2D eigenvalue weighted by molar-refractivity contribution is 6.20. The molecular formula is C19H20O6. The van der Waals surface area contributed by atoms with Crippen molar-refractivity contribution in [2.24, 2.45) is 0 Å². The van der Waals surface area contributed by atoms with Crippen LogP contribution < -0.4 is 18.9 Å². The molecule has 25 heavy (non-hydrogen) atoms. The number of hydrogen-bond donors (Lipinski definition) is 1. The van der Waals surface area contributed by atoms with Gasteiger partial charge in [-0.1, -0.05) is 12.1 Å². The van der Waals surface area contributed by atoms with E-state index in [2.05, 4.69) is 0 Å². The van der Waals surface area contributed by atoms with Gasteiger partial charge in [0, 0.05) is 0 Å². The molecule has 0 bridgehead atoms. The largest absolute Gasteiger partial charge is 0.497 e. The summed E-state index contributed by atoms with van der Waals surface area (Å²) in [4.78, 5) is 11.8. The number of carboxylic acids is 1. The number of hydrogen-bond acceptors (Lipinski definition) is 5. The minimum atomic E-state index is -1.07. The fourth-order valence-electron chi connectivity index (χ4n) is 2.40. The van der Waals surface area contributed by atoms with Gasteiger partial charge in [-0.25, -0.2) is 4.79 Å². The van der Waals surface area contributed by atoms with Crippen LogP contribution in [0.4, 0.5) is 0 Å². The highest BCUT2D eigenvalue weighted by atomic mass is 16.5. The number of rotatable bonds is 7. The van der Waals surface area contributed by atoms with Gasteiger partial charge in [-0.05, 0) is 41.5 Å². The van der Waals surface area contributed by atoms with Gasteiger partial charge in [-0.2, -0.15) is 0 Å². The molecule has 0 amide bonds. The quantitative estimate of drug-likeness (QED) is 0.613. The SMILES string of the molecule is COc1cccc(/C=C(\C(=O)O)c2cc(OC)c(OC)c(OC)c2)c1. The molecule has 0 heterocycles. The Kier molecular flexibility index (Phi) is 5.89. The van der Waals surface area contributed by atoms with E-state index in [9.17, 15) is 9.90 Å². The lowest BCUT2D eigenvalue weighted by molar-refractivity contribution is -0.130. The van der Waals surface area contributed by atoms with Crippen LogP contribution >= 0.6 is 0 Å². The van der Waals surface area contributed by atoms with Crippen LogP contribution in [0.2, 0.25) is 0 Å². The molecule has 2 aromatic rings. The van der Waals surface area contributed by atoms with Gasteiger partial charge in [-0.15, -0.1) is 0 Å². The average Bonchev–Trinajstić information content (AvgIpc) is 2.64. The summed E-state index contributed by atoms with van der Waals surface area (Å²) in [5, 5.41) is 9.66. The lowest BCUT2D eigenvalue weighted by atomic mass is 10.0. The van der Waals surface area contributed by atoms with Crippen LogP contribution in [0.3, 0.4) is 0 Å². The van der Waals surface area contributed by atoms with Gasteiger partial charge < -0.3 is 24.1 Å². The zero-order valence-corrected chi connectivity index (χ0v) is 14.5. The Labute approximate surface area is 146 Å². The van der Waals surface area contributed by atoms with Crippen LogP contribution in [0.25, 0.3) is 11.6 Å². The molecule has 0 aliphatic rings. The number of carboxylic acid groups (broad SMARTS) is 1. The van der Waals surface area contributed by atoms with E-state index in [1.54, 1.807) is 49.6 Å². The molecule has 0 aromatic heterocycles. The van der Waals surface area contributed by atoms with E-state index in [-0.39, 0.29) is 5.57 Å². The summed E-state index contributed by atoms with van der Waals surface area (Å²) in [5.74, 6) is 0.740. The Hall–Kier alpha value is -3.15. The zero-order chi connectivity index (χ0) is 18.4. The second-order valence-electron chi connectivity index (χ2n) is 5.05. The van der Waals surface area contributed by atoms with E-state index in [4.69, 9.17) is 18.9 Å². The van der Waals surface area contributed by atoms with Crippen LogP contribution in [0, 0.1) is 0 Å². The van der Waals surface area contributed by atoms with Crippen LogP contribution in [0.1, 0.15) is 11.1 Å². The van der Waals surface area contributed by atoms with Gasteiger partial charge in [0.2, 0.25) is 5.75 Å². The first-order valence-corrected chi connectivity index (χ1v) is 7.43. The van der Waals surface area contributed by atoms with Gasteiger partial charge >= 0.3 is 5.97 Å². The first kappa shape index (κ1) is 18.2. The van der Waals surface area contributed by atoms with Crippen molar-refractivity contribution in [2.45, 2.75) is 0 Å². The van der Waals surface area contributed by atoms with E-state index < -0.39 is 5.97 Å². The fraction of sp³-hybridized carbons (Fsp3) is 0.211. The van der Waals surface area contributed by atoms with Gasteiger partial charge in [0.15, 0.2) is 11.5 Å². The summed E-state index contributed by atoms with van der Waals surface area (Å²) < 4.78 is 21.0. The molecule has 0 radical (unpaired) electrons. The van der Waals surface area contributed by atoms with E-state index in [0.29, 0.717) is 34.1 Å². The number of ether oxygens (including phenoxy) is 4. The molecule has 1 N–H and O–H groups in total. The molecule has 0 saturated heterocycles. The summed E-state index contributed by atoms with van der Waals surface area (Å²) in [7, 11) is 6.00. The lowest BCUT2D eigenvalue weighted by Crippen LogP contribution is -2.02. The standard InChI is InChI=1S/C19H20O6/c1-22-14-7-5-6-12(8-14)9-15(19(20)21)13-10-16(23-2)18(25-4)17(11-13)24-3/h5-11H,1-4H3,(H,20,21)/b15-9-. The topological polar surface area (TPSA) is 74.2 Å². The molecule has 0 atom stereocenters. The predicted molar refractivity (Wildman–Crippen MR) is 94.6 cm³/mol. The minimum Gasteiger partial charge on any atom is -0.497 e. The molecule has 0 aliphatic heterocycles. The van der Waals surface area contributed by atoms with Crippen LogP contribution in [-0.2, 0) is 4.79 Å². The maximum absolute atomic E-state index is 11.8. The Bertz CT molecular complexity index is 769. The maximum Gasteiger partial charge on any atom is 0.336 e. The van der Waals surface area contributed by atoms with Gasteiger partial charge in [-0.3, -0.25) is 0 Å². The van der Waals surface area contributed by atoms with Gasteiger partial charge in [0.25, 0.3) is 0 Å². The van der Waals surface area contributed by atoms with Crippen molar-refractivity contribution < 1.29 is 28.8 Å². The number of aliphatic carboxylic acids is 1. The van der Waals surface area contributed by atoms with Crippen LogP contribution in [-0.4, -0.2) is 39.5 Å². The third-order valence-electron chi connectivity index (χ3n) is 3.61. The molecule has 2 rings (SSSR count). The van der Waals surface area contributed by atoms with E-state index >= 15 is 0 Å². The van der Waals surface area contributed by atoms with Crippen molar-refractivity contribution in [1.82, 2.24) is 0 Å². The average molecular weight is 344 g/mol. The second-order valence-corrected chi connectivity index (χ2v) is 5.05. The van der Waals surface area contributed by atoms with Crippen molar-refractivity contribution in [2.75, 3.05) is 28.4 Å². The molecule has 2 aromatic carbocycles. The van der Waals surface area contributed by atoms with Crippen molar-refractivity contribution in [3.63, 3.8) is 0 Å².